The first-order valence-electron chi connectivity index (χ1n) is 8.35. The van der Waals surface area contributed by atoms with Crippen molar-refractivity contribution in [3.05, 3.63) is 29.8 Å². The molecule has 0 heterocycles. The van der Waals surface area contributed by atoms with E-state index >= 15 is 0 Å². The Morgan fingerprint density at radius 1 is 1.22 bits per heavy atom. The molecule has 124 valence electrons. The van der Waals surface area contributed by atoms with Gasteiger partial charge in [-0.1, -0.05) is 12.1 Å². The molecule has 2 N–H and O–H groups in total. The van der Waals surface area contributed by atoms with Crippen molar-refractivity contribution in [2.24, 2.45) is 17.8 Å². The predicted octanol–water partition coefficient (Wildman–Crippen LogP) is 2.59. The van der Waals surface area contributed by atoms with E-state index in [2.05, 4.69) is 5.32 Å². The average molecular weight is 317 g/mol. The van der Waals surface area contributed by atoms with Gasteiger partial charge in [-0.15, -0.1) is 0 Å². The van der Waals surface area contributed by atoms with Gasteiger partial charge in [-0.3, -0.25) is 9.59 Å². The van der Waals surface area contributed by atoms with Crippen LogP contribution in [0.1, 0.15) is 37.7 Å². The van der Waals surface area contributed by atoms with E-state index in [1.165, 1.54) is 12.8 Å². The molecule has 2 saturated carbocycles. The lowest BCUT2D eigenvalue weighted by molar-refractivity contribution is -0.137. The normalized spacial score (nSPS) is 22.4. The van der Waals surface area contributed by atoms with Crippen LogP contribution in [0.25, 0.3) is 0 Å². The van der Waals surface area contributed by atoms with Crippen LogP contribution < -0.4 is 10.1 Å². The average Bonchev–Trinajstić information content (AvgIpc) is 3.41. The first-order valence-corrected chi connectivity index (χ1v) is 8.35. The number of carboxylic acid groups (broad SMARTS) is 1. The van der Waals surface area contributed by atoms with E-state index < -0.39 is 5.97 Å². The molecule has 0 spiro atoms. The fraction of sp³-hybridized carbons (Fsp3) is 0.556. The second kappa shape index (κ2) is 7.02. The zero-order valence-corrected chi connectivity index (χ0v) is 13.2. The fourth-order valence-corrected chi connectivity index (χ4v) is 3.00. The molecular formula is C18H23NO4. The summed E-state index contributed by atoms with van der Waals surface area (Å²) in [6.07, 6.45) is 4.30. The number of amides is 1. The van der Waals surface area contributed by atoms with Crippen molar-refractivity contribution in [1.29, 1.82) is 0 Å². The van der Waals surface area contributed by atoms with E-state index in [9.17, 15) is 9.59 Å². The maximum atomic E-state index is 12.0. The Morgan fingerprint density at radius 2 is 1.96 bits per heavy atom. The van der Waals surface area contributed by atoms with Gasteiger partial charge in [0.1, 0.15) is 5.75 Å². The number of benzene rings is 1. The van der Waals surface area contributed by atoms with Crippen LogP contribution >= 0.6 is 0 Å². The highest BCUT2D eigenvalue weighted by Gasteiger charge is 2.50. The van der Waals surface area contributed by atoms with E-state index in [1.807, 2.05) is 24.3 Å². The number of hydrogen-bond donors (Lipinski definition) is 2. The number of hydrogen-bond acceptors (Lipinski definition) is 3. The van der Waals surface area contributed by atoms with Crippen molar-refractivity contribution in [3.8, 4) is 5.75 Å². The molecule has 0 aromatic heterocycles. The van der Waals surface area contributed by atoms with Crippen LogP contribution in [0.5, 0.6) is 5.75 Å². The van der Waals surface area contributed by atoms with Crippen LogP contribution in [-0.4, -0.2) is 23.6 Å². The van der Waals surface area contributed by atoms with Gasteiger partial charge in [-0.2, -0.15) is 0 Å². The molecular weight excluding hydrogens is 294 g/mol. The van der Waals surface area contributed by atoms with Gasteiger partial charge >= 0.3 is 5.97 Å². The lowest BCUT2D eigenvalue weighted by Gasteiger charge is -2.08. The lowest BCUT2D eigenvalue weighted by atomic mass is 10.2. The van der Waals surface area contributed by atoms with Crippen LogP contribution in [0.2, 0.25) is 0 Å². The quantitative estimate of drug-likeness (QED) is 0.686. The van der Waals surface area contributed by atoms with Crippen molar-refractivity contribution >= 4 is 11.9 Å². The van der Waals surface area contributed by atoms with Gasteiger partial charge in [0.2, 0.25) is 5.91 Å². The van der Waals surface area contributed by atoms with Crippen LogP contribution in [0.3, 0.4) is 0 Å². The molecule has 2 aliphatic carbocycles. The summed E-state index contributed by atoms with van der Waals surface area (Å²) in [6, 6.07) is 7.56. The molecule has 0 aliphatic heterocycles. The first kappa shape index (κ1) is 15.8. The number of carbonyl (C=O) groups is 2. The molecule has 23 heavy (non-hydrogen) atoms. The largest absolute Gasteiger partial charge is 0.494 e. The molecule has 5 heteroatoms. The topological polar surface area (TPSA) is 75.6 Å². The third-order valence-corrected chi connectivity index (χ3v) is 4.60. The maximum absolute atomic E-state index is 12.0. The Kier molecular flexibility index (Phi) is 4.84. The minimum Gasteiger partial charge on any atom is -0.494 e. The minimum atomic E-state index is -0.806. The molecule has 1 aromatic carbocycles. The summed E-state index contributed by atoms with van der Waals surface area (Å²) in [7, 11) is 0. The monoisotopic (exact) mass is 317 g/mol. The number of nitrogens with one attached hydrogen (secondary N) is 1. The van der Waals surface area contributed by atoms with Crippen LogP contribution in [0.4, 0.5) is 0 Å². The third kappa shape index (κ3) is 4.71. The van der Waals surface area contributed by atoms with E-state index in [-0.39, 0.29) is 18.2 Å². The fourth-order valence-electron chi connectivity index (χ4n) is 3.00. The molecule has 2 aliphatic rings. The second-order valence-corrected chi connectivity index (χ2v) is 6.55. The summed E-state index contributed by atoms with van der Waals surface area (Å²) in [5.74, 6) is 1.83. The van der Waals surface area contributed by atoms with E-state index in [0.717, 1.165) is 23.7 Å². The summed E-state index contributed by atoms with van der Waals surface area (Å²) in [5, 5.41) is 11.6. The lowest BCUT2D eigenvalue weighted by Crippen LogP contribution is -2.25. The van der Waals surface area contributed by atoms with Crippen molar-refractivity contribution in [2.45, 2.75) is 38.6 Å². The molecule has 2 fully saturated rings. The van der Waals surface area contributed by atoms with Gasteiger partial charge in [0, 0.05) is 18.9 Å². The summed E-state index contributed by atoms with van der Waals surface area (Å²) >= 11 is 0. The molecule has 3 rings (SSSR count). The molecule has 2 atom stereocenters. The SMILES string of the molecule is O=C(O)CCCOc1ccc(CNC(=O)[C@@H]2C[C@@H]2C2CC2)cc1. The smallest absolute Gasteiger partial charge is 0.303 e. The van der Waals surface area contributed by atoms with Gasteiger partial charge in [0.25, 0.3) is 0 Å². The van der Waals surface area contributed by atoms with Gasteiger partial charge in [0.15, 0.2) is 0 Å². The predicted molar refractivity (Wildman–Crippen MR) is 85.0 cm³/mol. The summed E-state index contributed by atoms with van der Waals surface area (Å²) < 4.78 is 5.48. The van der Waals surface area contributed by atoms with Crippen molar-refractivity contribution in [1.82, 2.24) is 5.32 Å². The standard InChI is InChI=1S/C18H23NO4/c20-17(21)2-1-9-23-14-7-3-12(4-8-14)11-19-18(22)16-10-15(16)13-5-6-13/h3-4,7-8,13,15-16H,1-2,5-6,9-11H2,(H,19,22)(H,20,21)/t15-,16-/m1/s1. The maximum Gasteiger partial charge on any atom is 0.303 e. The zero-order chi connectivity index (χ0) is 16.2. The molecule has 1 amide bonds. The summed E-state index contributed by atoms with van der Waals surface area (Å²) in [6.45, 7) is 0.943. The molecule has 0 bridgehead atoms. The van der Waals surface area contributed by atoms with E-state index in [4.69, 9.17) is 9.84 Å². The number of carbonyl (C=O) groups excluding carboxylic acids is 1. The second-order valence-electron chi connectivity index (χ2n) is 6.55. The Hall–Kier alpha value is -2.04. The van der Waals surface area contributed by atoms with Gasteiger partial charge in [-0.05, 0) is 55.2 Å². The highest BCUT2D eigenvalue weighted by Crippen LogP contribution is 2.54. The van der Waals surface area contributed by atoms with Crippen molar-refractivity contribution < 1.29 is 19.4 Å². The van der Waals surface area contributed by atoms with Gasteiger partial charge in [0.05, 0.1) is 6.61 Å². The highest BCUT2D eigenvalue weighted by molar-refractivity contribution is 5.81. The summed E-state index contributed by atoms with van der Waals surface area (Å²) in [5.41, 5.74) is 1.04. The van der Waals surface area contributed by atoms with Crippen molar-refractivity contribution in [2.75, 3.05) is 6.61 Å². The highest BCUT2D eigenvalue weighted by atomic mass is 16.5. The first-order chi connectivity index (χ1) is 11.1. The molecule has 0 saturated heterocycles. The molecule has 1 aromatic rings. The number of ether oxygens (including phenoxy) is 1. The van der Waals surface area contributed by atoms with Gasteiger partial charge < -0.3 is 15.2 Å². The number of carboxylic acids is 1. The van der Waals surface area contributed by atoms with Gasteiger partial charge in [-0.25, -0.2) is 0 Å². The van der Waals surface area contributed by atoms with E-state index in [0.29, 0.717) is 25.5 Å². The van der Waals surface area contributed by atoms with E-state index in [1.54, 1.807) is 0 Å². The minimum absolute atomic E-state index is 0.118. The zero-order valence-electron chi connectivity index (χ0n) is 13.2. The molecule has 5 nitrogen and oxygen atoms in total. The number of aliphatic carboxylic acids is 1. The van der Waals surface area contributed by atoms with Crippen LogP contribution in [-0.2, 0) is 16.1 Å². The third-order valence-electron chi connectivity index (χ3n) is 4.60. The molecule has 0 radical (unpaired) electrons. The Balaban J connectivity index is 1.35. The van der Waals surface area contributed by atoms with Crippen LogP contribution in [0.15, 0.2) is 24.3 Å². The van der Waals surface area contributed by atoms with Crippen LogP contribution in [0, 0.1) is 17.8 Å². The Bertz CT molecular complexity index is 565. The Labute approximate surface area is 136 Å². The Morgan fingerprint density at radius 3 is 2.61 bits per heavy atom. The number of rotatable bonds is 9. The molecule has 0 unspecified atom stereocenters. The summed E-state index contributed by atoms with van der Waals surface area (Å²) in [4.78, 5) is 22.4. The van der Waals surface area contributed by atoms with Crippen molar-refractivity contribution in [3.63, 3.8) is 0 Å².